The third kappa shape index (κ3) is 5.76. The maximum atomic E-state index is 13.4. The van der Waals surface area contributed by atoms with E-state index in [1.165, 1.54) is 4.90 Å². The Hall–Kier alpha value is -2.05. The maximum absolute atomic E-state index is 13.4. The Morgan fingerprint density at radius 1 is 1.20 bits per heavy atom. The molecule has 1 aromatic carbocycles. The first-order chi connectivity index (χ1) is 13.5. The molecule has 2 rings (SSSR count). The van der Waals surface area contributed by atoms with Crippen LogP contribution >= 0.6 is 0 Å². The van der Waals surface area contributed by atoms with E-state index in [1.807, 2.05) is 5.32 Å². The van der Waals surface area contributed by atoms with Crippen LogP contribution in [0.2, 0.25) is 0 Å². The van der Waals surface area contributed by atoms with E-state index in [4.69, 9.17) is 10.5 Å². The number of benzene rings is 1. The zero-order chi connectivity index (χ0) is 23.1. The number of hydrogen-bond donors (Lipinski definition) is 3. The molecule has 4 N–H and O–H groups in total. The molecular formula is C18H23F6N3O3. The summed E-state index contributed by atoms with van der Waals surface area (Å²) in [5, 5.41) is 12.2. The summed E-state index contributed by atoms with van der Waals surface area (Å²) in [5.74, 6) is -0.944. The molecule has 170 valence electrons. The van der Waals surface area contributed by atoms with Gasteiger partial charge in [-0.3, -0.25) is 4.79 Å². The minimum absolute atomic E-state index is 0.101. The second-order valence-electron chi connectivity index (χ2n) is 7.93. The number of anilines is 2. The maximum Gasteiger partial charge on any atom is 0.418 e. The van der Waals surface area contributed by atoms with Gasteiger partial charge in [0.25, 0.3) is 0 Å². The number of aliphatic hydroxyl groups is 1. The van der Waals surface area contributed by atoms with Crippen LogP contribution in [-0.2, 0) is 21.9 Å². The Morgan fingerprint density at radius 3 is 2.30 bits per heavy atom. The normalized spacial score (nSPS) is 19.7. The number of nitrogens with two attached hydrogens (primary N) is 1. The van der Waals surface area contributed by atoms with E-state index in [1.54, 1.807) is 20.8 Å². The van der Waals surface area contributed by atoms with Gasteiger partial charge in [-0.1, -0.05) is 0 Å². The summed E-state index contributed by atoms with van der Waals surface area (Å²) in [7, 11) is 0. The van der Waals surface area contributed by atoms with Gasteiger partial charge in [-0.15, -0.1) is 0 Å². The zero-order valence-electron chi connectivity index (χ0n) is 16.5. The van der Waals surface area contributed by atoms with Gasteiger partial charge in [-0.05, 0) is 45.7 Å². The number of halogens is 6. The Bertz CT molecular complexity index is 789. The van der Waals surface area contributed by atoms with Gasteiger partial charge >= 0.3 is 12.4 Å². The first-order valence-electron chi connectivity index (χ1n) is 9.01. The number of nitrogens with one attached hydrogen (secondary N) is 1. The highest BCUT2D eigenvalue weighted by atomic mass is 19.4. The number of hydrogen-bond acceptors (Lipinski definition) is 5. The standard InChI is InChI=1S/C18H23F6N3O3/c1-16(2,3)30-15(29)27-6-4-5-12(27)14(28)26-13-10(18(22,23)24)7-9(8-11(13)25)17(19,20)21/h7-8,12,15,29H,4-6,25H2,1-3H3,(H,26,28)/t12-,15?/m0/s1. The first kappa shape index (κ1) is 24.2. The molecule has 30 heavy (non-hydrogen) atoms. The van der Waals surface area contributed by atoms with E-state index < -0.39 is 58.8 Å². The summed E-state index contributed by atoms with van der Waals surface area (Å²) in [6.45, 7) is 5.24. The molecule has 1 saturated heterocycles. The van der Waals surface area contributed by atoms with Crippen LogP contribution in [0.5, 0.6) is 0 Å². The smallest absolute Gasteiger partial charge is 0.397 e. The van der Waals surface area contributed by atoms with Crippen LogP contribution in [-0.4, -0.2) is 40.5 Å². The average molecular weight is 443 g/mol. The summed E-state index contributed by atoms with van der Waals surface area (Å²) in [5.41, 5.74) is -0.446. The second kappa shape index (κ2) is 8.23. The number of alkyl halides is 6. The van der Waals surface area contributed by atoms with Gasteiger partial charge in [-0.25, -0.2) is 4.90 Å². The summed E-state index contributed by atoms with van der Waals surface area (Å²) in [6, 6.07) is -0.824. The fourth-order valence-electron chi connectivity index (χ4n) is 3.12. The van der Waals surface area contributed by atoms with Crippen LogP contribution in [0.15, 0.2) is 12.1 Å². The number of nitrogen functional groups attached to an aromatic ring is 1. The van der Waals surface area contributed by atoms with Crippen molar-refractivity contribution in [2.45, 2.75) is 64.0 Å². The molecule has 0 radical (unpaired) electrons. The summed E-state index contributed by atoms with van der Waals surface area (Å²) in [6.07, 6.45) is -11.1. The summed E-state index contributed by atoms with van der Waals surface area (Å²) < 4.78 is 84.2. The number of likely N-dealkylation sites (tertiary alicyclic amines) is 1. The highest BCUT2D eigenvalue weighted by Gasteiger charge is 2.42. The van der Waals surface area contributed by atoms with Crippen molar-refractivity contribution in [1.82, 2.24) is 4.90 Å². The Morgan fingerprint density at radius 2 is 1.80 bits per heavy atom. The lowest BCUT2D eigenvalue weighted by atomic mass is 10.0. The fraction of sp³-hybridized carbons (Fsp3) is 0.611. The molecule has 1 unspecified atom stereocenters. The molecule has 0 spiro atoms. The van der Waals surface area contributed by atoms with Crippen LogP contribution in [0.4, 0.5) is 37.7 Å². The van der Waals surface area contributed by atoms with Crippen LogP contribution in [0.1, 0.15) is 44.7 Å². The molecule has 1 aliphatic rings. The summed E-state index contributed by atoms with van der Waals surface area (Å²) in [4.78, 5) is 13.9. The third-order valence-corrected chi connectivity index (χ3v) is 4.39. The highest BCUT2D eigenvalue weighted by Crippen LogP contribution is 2.42. The lowest BCUT2D eigenvalue weighted by Crippen LogP contribution is -2.48. The molecule has 1 amide bonds. The molecule has 6 nitrogen and oxygen atoms in total. The Labute approximate surface area is 169 Å². The topological polar surface area (TPSA) is 87.8 Å². The van der Waals surface area contributed by atoms with E-state index in [0.717, 1.165) is 0 Å². The fourth-order valence-corrected chi connectivity index (χ4v) is 3.12. The number of aliphatic hydroxyl groups excluding tert-OH is 1. The highest BCUT2D eigenvalue weighted by molar-refractivity contribution is 5.98. The predicted octanol–water partition coefficient (Wildman–Crippen LogP) is 3.80. The largest absolute Gasteiger partial charge is 0.418 e. The molecule has 1 aliphatic heterocycles. The molecule has 0 saturated carbocycles. The number of amides is 1. The van der Waals surface area contributed by atoms with E-state index in [-0.39, 0.29) is 19.0 Å². The molecule has 0 aliphatic carbocycles. The van der Waals surface area contributed by atoms with Crippen molar-refractivity contribution in [2.75, 3.05) is 17.6 Å². The van der Waals surface area contributed by atoms with Crippen LogP contribution in [0.25, 0.3) is 0 Å². The van der Waals surface area contributed by atoms with Gasteiger partial charge < -0.3 is 20.9 Å². The minimum Gasteiger partial charge on any atom is -0.397 e. The average Bonchev–Trinajstić information content (AvgIpc) is 3.02. The summed E-state index contributed by atoms with van der Waals surface area (Å²) >= 11 is 0. The number of nitrogens with zero attached hydrogens (tertiary/aromatic N) is 1. The van der Waals surface area contributed by atoms with Gasteiger partial charge in [0.2, 0.25) is 12.3 Å². The molecule has 1 aromatic rings. The van der Waals surface area contributed by atoms with E-state index in [2.05, 4.69) is 0 Å². The van der Waals surface area contributed by atoms with Gasteiger partial charge in [0, 0.05) is 6.54 Å². The van der Waals surface area contributed by atoms with Crippen molar-refractivity contribution in [3.05, 3.63) is 23.3 Å². The van der Waals surface area contributed by atoms with Gasteiger partial charge in [0.05, 0.1) is 34.1 Å². The first-order valence-corrected chi connectivity index (χ1v) is 9.01. The quantitative estimate of drug-likeness (QED) is 0.374. The molecule has 0 aromatic heterocycles. The van der Waals surface area contributed by atoms with Gasteiger partial charge in [-0.2, -0.15) is 26.3 Å². The monoisotopic (exact) mass is 443 g/mol. The molecule has 1 fully saturated rings. The van der Waals surface area contributed by atoms with Crippen LogP contribution < -0.4 is 11.1 Å². The SMILES string of the molecule is CC(C)(C)OC(O)N1CCC[C@H]1C(=O)Nc1c(N)cc(C(F)(F)F)cc1C(F)(F)F. The lowest BCUT2D eigenvalue weighted by Gasteiger charge is -2.33. The van der Waals surface area contributed by atoms with Crippen molar-refractivity contribution >= 4 is 17.3 Å². The second-order valence-corrected chi connectivity index (χ2v) is 7.93. The molecule has 1 heterocycles. The van der Waals surface area contributed by atoms with Gasteiger partial charge in [0.15, 0.2) is 0 Å². The van der Waals surface area contributed by atoms with Crippen molar-refractivity contribution < 1.29 is 41.0 Å². The molecule has 12 heteroatoms. The number of ether oxygens (including phenoxy) is 1. The van der Waals surface area contributed by atoms with Crippen molar-refractivity contribution in [3.8, 4) is 0 Å². The number of carbonyl (C=O) groups excluding carboxylic acids is 1. The minimum atomic E-state index is -5.19. The van der Waals surface area contributed by atoms with Crippen molar-refractivity contribution in [2.24, 2.45) is 0 Å². The van der Waals surface area contributed by atoms with E-state index in [9.17, 15) is 36.2 Å². The Kier molecular flexibility index (Phi) is 6.65. The molecule has 2 atom stereocenters. The molecular weight excluding hydrogens is 420 g/mol. The zero-order valence-corrected chi connectivity index (χ0v) is 16.5. The molecule has 0 bridgehead atoms. The van der Waals surface area contributed by atoms with Crippen molar-refractivity contribution in [1.29, 1.82) is 0 Å². The lowest BCUT2D eigenvalue weighted by molar-refractivity contribution is -0.240. The Balaban J connectivity index is 2.34. The van der Waals surface area contributed by atoms with E-state index in [0.29, 0.717) is 12.5 Å². The van der Waals surface area contributed by atoms with Crippen molar-refractivity contribution in [3.63, 3.8) is 0 Å². The number of rotatable bonds is 4. The predicted molar refractivity (Wildman–Crippen MR) is 96.1 cm³/mol. The van der Waals surface area contributed by atoms with Gasteiger partial charge in [0.1, 0.15) is 0 Å². The van der Waals surface area contributed by atoms with E-state index >= 15 is 0 Å². The van der Waals surface area contributed by atoms with Crippen LogP contribution in [0, 0.1) is 0 Å². The van der Waals surface area contributed by atoms with Crippen LogP contribution in [0.3, 0.4) is 0 Å². The number of carbonyl (C=O) groups is 1. The third-order valence-electron chi connectivity index (χ3n) is 4.39.